The number of benzene rings is 2. The van der Waals surface area contributed by atoms with Gasteiger partial charge in [0.15, 0.2) is 18.1 Å². The predicted octanol–water partition coefficient (Wildman–Crippen LogP) is 1.87. The lowest BCUT2D eigenvalue weighted by atomic mass is 10.1. The second-order valence-corrected chi connectivity index (χ2v) is 4.72. The molecule has 0 aliphatic rings. The Bertz CT molecular complexity index is 682. The van der Waals surface area contributed by atoms with Crippen LogP contribution in [0, 0.1) is 0 Å². The number of rotatable bonds is 6. The van der Waals surface area contributed by atoms with Crippen molar-refractivity contribution in [1.82, 2.24) is 5.32 Å². The Morgan fingerprint density at radius 2 is 1.78 bits per heavy atom. The van der Waals surface area contributed by atoms with Crippen molar-refractivity contribution in [3.05, 3.63) is 59.7 Å². The highest BCUT2D eigenvalue weighted by atomic mass is 16.5. The molecule has 2 rings (SSSR count). The van der Waals surface area contributed by atoms with Gasteiger partial charge in [-0.3, -0.25) is 4.79 Å². The molecule has 2 aromatic carbocycles. The number of nitrogens with one attached hydrogen (secondary N) is 1. The number of ether oxygens (including phenoxy) is 2. The number of aromatic hydroxyl groups is 1. The Morgan fingerprint density at radius 3 is 2.43 bits per heavy atom. The van der Waals surface area contributed by atoms with Crippen LogP contribution in [0.2, 0.25) is 0 Å². The van der Waals surface area contributed by atoms with E-state index in [1.165, 1.54) is 13.2 Å². The maximum absolute atomic E-state index is 11.7. The van der Waals surface area contributed by atoms with Gasteiger partial charge in [-0.1, -0.05) is 24.3 Å². The van der Waals surface area contributed by atoms with Crippen molar-refractivity contribution < 1.29 is 24.2 Å². The van der Waals surface area contributed by atoms with Crippen LogP contribution in [-0.4, -0.2) is 30.7 Å². The first-order chi connectivity index (χ1) is 11.1. The molecule has 0 saturated heterocycles. The average molecular weight is 315 g/mol. The second-order valence-electron chi connectivity index (χ2n) is 4.72. The van der Waals surface area contributed by atoms with Crippen molar-refractivity contribution in [3.63, 3.8) is 0 Å². The third-order valence-corrected chi connectivity index (χ3v) is 3.09. The Balaban J connectivity index is 1.80. The molecule has 23 heavy (non-hydrogen) atoms. The Labute approximate surface area is 133 Å². The summed E-state index contributed by atoms with van der Waals surface area (Å²) in [6, 6.07) is 13.2. The van der Waals surface area contributed by atoms with E-state index in [1.54, 1.807) is 42.5 Å². The van der Waals surface area contributed by atoms with Gasteiger partial charge in [0.05, 0.1) is 12.7 Å². The van der Waals surface area contributed by atoms with Crippen molar-refractivity contribution in [2.75, 3.05) is 13.7 Å². The largest absolute Gasteiger partial charge is 0.504 e. The molecule has 0 aliphatic carbocycles. The second kappa shape index (κ2) is 7.84. The molecule has 1 amide bonds. The smallest absolute Gasteiger partial charge is 0.337 e. The minimum absolute atomic E-state index is 0.0151. The van der Waals surface area contributed by atoms with Gasteiger partial charge in [0.25, 0.3) is 5.91 Å². The van der Waals surface area contributed by atoms with Crippen LogP contribution >= 0.6 is 0 Å². The van der Waals surface area contributed by atoms with Gasteiger partial charge in [0.2, 0.25) is 0 Å². The van der Waals surface area contributed by atoms with Crippen LogP contribution in [-0.2, 0) is 16.1 Å². The third-order valence-electron chi connectivity index (χ3n) is 3.09. The summed E-state index contributed by atoms with van der Waals surface area (Å²) in [7, 11) is 1.32. The maximum atomic E-state index is 11.7. The number of para-hydroxylation sites is 2. The van der Waals surface area contributed by atoms with Gasteiger partial charge in [-0.25, -0.2) is 4.79 Å². The summed E-state index contributed by atoms with van der Waals surface area (Å²) in [5.74, 6) is -0.481. The molecule has 0 bridgehead atoms. The SMILES string of the molecule is COC(=O)c1ccc(CNC(=O)COc2ccccc2O)cc1. The van der Waals surface area contributed by atoms with E-state index in [0.29, 0.717) is 12.1 Å². The first-order valence-corrected chi connectivity index (χ1v) is 6.95. The molecule has 2 N–H and O–H groups in total. The molecular weight excluding hydrogens is 298 g/mol. The van der Waals surface area contributed by atoms with Gasteiger partial charge >= 0.3 is 5.97 Å². The molecule has 0 spiro atoms. The van der Waals surface area contributed by atoms with Crippen LogP contribution in [0.5, 0.6) is 11.5 Å². The molecule has 0 unspecified atom stereocenters. The van der Waals surface area contributed by atoms with Crippen molar-refractivity contribution >= 4 is 11.9 Å². The lowest BCUT2D eigenvalue weighted by molar-refractivity contribution is -0.123. The van der Waals surface area contributed by atoms with Crippen LogP contribution in [0.4, 0.5) is 0 Å². The summed E-state index contributed by atoms with van der Waals surface area (Å²) >= 11 is 0. The highest BCUT2D eigenvalue weighted by Crippen LogP contribution is 2.23. The number of hydrogen-bond acceptors (Lipinski definition) is 5. The monoisotopic (exact) mass is 315 g/mol. The zero-order valence-electron chi connectivity index (χ0n) is 12.6. The number of phenols is 1. The minimum Gasteiger partial charge on any atom is -0.504 e. The van der Waals surface area contributed by atoms with Crippen molar-refractivity contribution in [1.29, 1.82) is 0 Å². The number of carbonyl (C=O) groups excluding carboxylic acids is 2. The minimum atomic E-state index is -0.406. The summed E-state index contributed by atoms with van der Waals surface area (Å²) < 4.78 is 9.84. The molecule has 0 aromatic heterocycles. The first kappa shape index (κ1) is 16.4. The lowest BCUT2D eigenvalue weighted by Gasteiger charge is -2.09. The fraction of sp³-hybridized carbons (Fsp3) is 0.176. The number of phenolic OH excluding ortho intramolecular Hbond substituents is 1. The summed E-state index contributed by atoms with van der Waals surface area (Å²) in [6.45, 7) is 0.113. The van der Waals surface area contributed by atoms with Gasteiger partial charge in [0, 0.05) is 6.54 Å². The van der Waals surface area contributed by atoms with Crippen molar-refractivity contribution in [2.24, 2.45) is 0 Å². The molecule has 0 aliphatic heterocycles. The van der Waals surface area contributed by atoms with E-state index < -0.39 is 5.97 Å². The van der Waals surface area contributed by atoms with E-state index in [0.717, 1.165) is 5.56 Å². The predicted molar refractivity (Wildman–Crippen MR) is 83.2 cm³/mol. The van der Waals surface area contributed by atoms with Crippen LogP contribution in [0.15, 0.2) is 48.5 Å². The molecule has 0 heterocycles. The molecule has 120 valence electrons. The van der Waals surface area contributed by atoms with Crippen LogP contribution in [0.1, 0.15) is 15.9 Å². The van der Waals surface area contributed by atoms with Gasteiger partial charge in [-0.05, 0) is 29.8 Å². The van der Waals surface area contributed by atoms with E-state index in [-0.39, 0.29) is 24.0 Å². The fourth-order valence-electron chi connectivity index (χ4n) is 1.85. The fourth-order valence-corrected chi connectivity index (χ4v) is 1.85. The van der Waals surface area contributed by atoms with E-state index in [4.69, 9.17) is 4.74 Å². The van der Waals surface area contributed by atoms with Crippen LogP contribution in [0.3, 0.4) is 0 Å². The number of amides is 1. The number of esters is 1. The molecular formula is C17H17NO5. The Morgan fingerprint density at radius 1 is 1.09 bits per heavy atom. The zero-order valence-corrected chi connectivity index (χ0v) is 12.6. The third kappa shape index (κ3) is 4.74. The van der Waals surface area contributed by atoms with Crippen LogP contribution < -0.4 is 10.1 Å². The standard InChI is InChI=1S/C17H17NO5/c1-22-17(21)13-8-6-12(7-9-13)10-18-16(20)11-23-15-5-3-2-4-14(15)19/h2-9,19H,10-11H2,1H3,(H,18,20). The van der Waals surface area contributed by atoms with Gasteiger partial charge < -0.3 is 19.9 Å². The lowest BCUT2D eigenvalue weighted by Crippen LogP contribution is -2.28. The summed E-state index contributed by atoms with van der Waals surface area (Å²) in [5.41, 5.74) is 1.29. The molecule has 6 nitrogen and oxygen atoms in total. The van der Waals surface area contributed by atoms with Gasteiger partial charge in [-0.2, -0.15) is 0 Å². The highest BCUT2D eigenvalue weighted by molar-refractivity contribution is 5.89. The topological polar surface area (TPSA) is 84.9 Å². The number of methoxy groups -OCH3 is 1. The summed E-state index contributed by atoms with van der Waals surface area (Å²) in [4.78, 5) is 23.0. The maximum Gasteiger partial charge on any atom is 0.337 e. The van der Waals surface area contributed by atoms with E-state index in [2.05, 4.69) is 10.1 Å². The number of hydrogen-bond donors (Lipinski definition) is 2. The Kier molecular flexibility index (Phi) is 5.57. The normalized spacial score (nSPS) is 9.96. The molecule has 6 heteroatoms. The van der Waals surface area contributed by atoms with Crippen LogP contribution in [0.25, 0.3) is 0 Å². The van der Waals surface area contributed by atoms with E-state index in [1.807, 2.05) is 0 Å². The Hall–Kier alpha value is -3.02. The molecule has 0 radical (unpaired) electrons. The summed E-state index contributed by atoms with van der Waals surface area (Å²) in [6.07, 6.45) is 0. The molecule has 0 saturated carbocycles. The quantitative estimate of drug-likeness (QED) is 0.795. The number of carbonyl (C=O) groups is 2. The summed E-state index contributed by atoms with van der Waals surface area (Å²) in [5, 5.41) is 12.2. The first-order valence-electron chi connectivity index (χ1n) is 6.95. The van der Waals surface area contributed by atoms with Crippen molar-refractivity contribution in [2.45, 2.75) is 6.54 Å². The zero-order chi connectivity index (χ0) is 16.7. The molecule has 0 fully saturated rings. The average Bonchev–Trinajstić information content (AvgIpc) is 2.59. The molecule has 0 atom stereocenters. The van der Waals surface area contributed by atoms with Gasteiger partial charge in [0.1, 0.15) is 0 Å². The van der Waals surface area contributed by atoms with E-state index >= 15 is 0 Å². The molecule has 2 aromatic rings. The van der Waals surface area contributed by atoms with Crippen molar-refractivity contribution in [3.8, 4) is 11.5 Å². The van der Waals surface area contributed by atoms with Gasteiger partial charge in [-0.15, -0.1) is 0 Å². The van der Waals surface area contributed by atoms with E-state index in [9.17, 15) is 14.7 Å². The highest BCUT2D eigenvalue weighted by Gasteiger charge is 2.07.